The summed E-state index contributed by atoms with van der Waals surface area (Å²) < 4.78 is 29.4. The molecule has 3 aliphatic rings. The van der Waals surface area contributed by atoms with Crippen LogP contribution in [-0.4, -0.2) is 41.7 Å². The van der Waals surface area contributed by atoms with E-state index in [1.807, 2.05) is 16.7 Å². The van der Waals surface area contributed by atoms with Gasteiger partial charge in [0.1, 0.15) is 11.6 Å². The van der Waals surface area contributed by atoms with Crippen LogP contribution < -0.4 is 9.80 Å². The van der Waals surface area contributed by atoms with Crippen molar-refractivity contribution in [2.24, 2.45) is 5.92 Å². The lowest BCUT2D eigenvalue weighted by atomic mass is 10.0. The van der Waals surface area contributed by atoms with E-state index in [2.05, 4.69) is 4.85 Å². The van der Waals surface area contributed by atoms with Gasteiger partial charge >= 0.3 is 5.97 Å². The van der Waals surface area contributed by atoms with Crippen molar-refractivity contribution in [2.75, 3.05) is 29.4 Å². The highest BCUT2D eigenvalue weighted by Gasteiger charge is 2.46. The molecule has 1 aliphatic carbocycles. The normalized spacial score (nSPS) is 25.9. The third-order valence-electron chi connectivity index (χ3n) is 6.04. The quantitative estimate of drug-likeness (QED) is 0.814. The molecule has 0 amide bonds. The average Bonchev–Trinajstić information content (AvgIpc) is 3.17. The lowest BCUT2D eigenvalue weighted by molar-refractivity contribution is -0.137. The maximum Gasteiger partial charge on any atom is 0.303 e. The molecule has 8 heteroatoms. The van der Waals surface area contributed by atoms with Crippen LogP contribution >= 0.6 is 0 Å². The summed E-state index contributed by atoms with van der Waals surface area (Å²) in [4.78, 5) is 23.0. The number of aliphatic carboxylic acids is 1. The fourth-order valence-electron chi connectivity index (χ4n) is 4.46. The molecule has 0 unspecified atom stereocenters. The minimum absolute atomic E-state index is 0.00575. The van der Waals surface area contributed by atoms with Crippen LogP contribution in [0.3, 0.4) is 0 Å². The predicted molar refractivity (Wildman–Crippen MR) is 96.7 cm³/mol. The molecule has 0 spiro atoms. The molecule has 0 bridgehead atoms. The van der Waals surface area contributed by atoms with Crippen molar-refractivity contribution in [1.82, 2.24) is 4.98 Å². The largest absolute Gasteiger partial charge is 0.481 e. The molecular weight excluding hydrogens is 354 g/mol. The van der Waals surface area contributed by atoms with Crippen LogP contribution in [0.1, 0.15) is 43.7 Å². The zero-order valence-corrected chi connectivity index (χ0v) is 15.2. The van der Waals surface area contributed by atoms with Crippen LogP contribution in [0.25, 0.3) is 4.85 Å². The summed E-state index contributed by atoms with van der Waals surface area (Å²) in [5.41, 5.74) is 0.307. The van der Waals surface area contributed by atoms with Crippen molar-refractivity contribution in [3.05, 3.63) is 22.5 Å². The van der Waals surface area contributed by atoms with Gasteiger partial charge in [-0.3, -0.25) is 4.79 Å². The van der Waals surface area contributed by atoms with Crippen molar-refractivity contribution < 1.29 is 18.7 Å². The molecule has 0 saturated carbocycles. The van der Waals surface area contributed by atoms with Gasteiger partial charge in [0.05, 0.1) is 6.57 Å². The highest BCUT2D eigenvalue weighted by atomic mass is 19.3. The molecule has 6 nitrogen and oxygen atoms in total. The second kappa shape index (κ2) is 6.32. The Kier molecular flexibility index (Phi) is 4.21. The number of alkyl halides is 2. The number of hydrogen-bond donors (Lipinski definition) is 1. The van der Waals surface area contributed by atoms with Gasteiger partial charge in [-0.05, 0) is 37.7 Å². The first-order valence-corrected chi connectivity index (χ1v) is 9.38. The minimum Gasteiger partial charge on any atom is -0.481 e. The molecule has 0 radical (unpaired) electrons. The number of aromatic nitrogens is 1. The molecule has 0 aromatic carbocycles. The standard InChI is InChI=1S/C19H22F2N4O2/c1-11-4-8-25(11)18-16(22-2)15-13(3-6-19(15,20)21)17(23-18)24-7-5-12(10-24)9-14(26)27/h11-12H,3-10H2,1H3,(H,26,27)/t11-,12-/m0/s1. The van der Waals surface area contributed by atoms with Gasteiger partial charge < -0.3 is 14.9 Å². The number of carboxylic acids is 1. The third-order valence-corrected chi connectivity index (χ3v) is 6.04. The van der Waals surface area contributed by atoms with Gasteiger partial charge in [0.2, 0.25) is 5.69 Å². The van der Waals surface area contributed by atoms with Gasteiger partial charge in [-0.15, -0.1) is 0 Å². The van der Waals surface area contributed by atoms with Gasteiger partial charge in [-0.2, -0.15) is 0 Å². The van der Waals surface area contributed by atoms with E-state index in [1.54, 1.807) is 0 Å². The molecule has 2 fully saturated rings. The fourth-order valence-corrected chi connectivity index (χ4v) is 4.46. The number of carbonyl (C=O) groups is 1. The Hall–Kier alpha value is -2.43. The molecular formula is C19H22F2N4O2. The summed E-state index contributed by atoms with van der Waals surface area (Å²) >= 11 is 0. The molecule has 2 saturated heterocycles. The Balaban J connectivity index is 1.79. The van der Waals surface area contributed by atoms with Crippen molar-refractivity contribution in [3.63, 3.8) is 0 Å². The summed E-state index contributed by atoms with van der Waals surface area (Å²) in [5, 5.41) is 9.03. The Labute approximate surface area is 156 Å². The SMILES string of the molecule is [C-]#[N+]c1c(N2CC[C@@H]2C)nc(N2CC[C@@H](CC(=O)O)C2)c2c1C(F)(F)CC2. The summed E-state index contributed by atoms with van der Waals surface area (Å²) in [6.45, 7) is 11.3. The molecule has 1 aromatic rings. The van der Waals surface area contributed by atoms with E-state index in [0.717, 1.165) is 6.42 Å². The van der Waals surface area contributed by atoms with Gasteiger partial charge in [-0.25, -0.2) is 18.6 Å². The number of pyridine rings is 1. The zero-order chi connectivity index (χ0) is 19.3. The number of fused-ring (bicyclic) bond motifs is 1. The van der Waals surface area contributed by atoms with Crippen LogP contribution in [0.2, 0.25) is 0 Å². The number of hydrogen-bond acceptors (Lipinski definition) is 4. The molecule has 1 N–H and O–H groups in total. The number of rotatable bonds is 4. The minimum atomic E-state index is -3.02. The first kappa shape index (κ1) is 18.0. The van der Waals surface area contributed by atoms with Gasteiger partial charge in [-0.1, -0.05) is 0 Å². The van der Waals surface area contributed by atoms with E-state index in [9.17, 15) is 13.6 Å². The average molecular weight is 376 g/mol. The van der Waals surface area contributed by atoms with Crippen LogP contribution in [0, 0.1) is 12.5 Å². The third kappa shape index (κ3) is 2.89. The predicted octanol–water partition coefficient (Wildman–Crippen LogP) is 3.57. The number of nitrogens with zero attached hydrogens (tertiary/aromatic N) is 4. The van der Waals surface area contributed by atoms with Crippen molar-refractivity contribution in [1.29, 1.82) is 0 Å². The van der Waals surface area contributed by atoms with Crippen LogP contribution in [0.4, 0.5) is 26.1 Å². The highest BCUT2D eigenvalue weighted by Crippen LogP contribution is 2.53. The Morgan fingerprint density at radius 1 is 1.37 bits per heavy atom. The monoisotopic (exact) mass is 376 g/mol. The van der Waals surface area contributed by atoms with E-state index in [1.165, 1.54) is 0 Å². The number of carboxylic acid groups (broad SMARTS) is 1. The van der Waals surface area contributed by atoms with E-state index >= 15 is 0 Å². The van der Waals surface area contributed by atoms with Crippen LogP contribution in [-0.2, 0) is 17.1 Å². The highest BCUT2D eigenvalue weighted by molar-refractivity contribution is 5.79. The molecule has 1 aromatic heterocycles. The molecule has 4 rings (SSSR count). The Morgan fingerprint density at radius 2 is 2.15 bits per heavy atom. The summed E-state index contributed by atoms with van der Waals surface area (Å²) in [6, 6.07) is 0.178. The smallest absolute Gasteiger partial charge is 0.303 e. The van der Waals surface area contributed by atoms with Gasteiger partial charge in [0.25, 0.3) is 5.92 Å². The van der Waals surface area contributed by atoms with Crippen molar-refractivity contribution in [3.8, 4) is 0 Å². The van der Waals surface area contributed by atoms with Crippen LogP contribution in [0.5, 0.6) is 0 Å². The summed E-state index contributed by atoms with van der Waals surface area (Å²) in [6.07, 6.45) is 1.63. The lowest BCUT2D eigenvalue weighted by Gasteiger charge is -2.41. The maximum absolute atomic E-state index is 14.7. The van der Waals surface area contributed by atoms with Gasteiger partial charge in [0, 0.05) is 44.1 Å². The lowest BCUT2D eigenvalue weighted by Crippen LogP contribution is -2.46. The topological polar surface area (TPSA) is 61.0 Å². The first-order chi connectivity index (χ1) is 12.8. The second-order valence-corrected chi connectivity index (χ2v) is 7.81. The first-order valence-electron chi connectivity index (χ1n) is 9.38. The van der Waals surface area contributed by atoms with E-state index in [0.29, 0.717) is 43.3 Å². The number of anilines is 2. The van der Waals surface area contributed by atoms with Crippen LogP contribution in [0.15, 0.2) is 0 Å². The number of halogens is 2. The van der Waals surface area contributed by atoms with Crippen molar-refractivity contribution in [2.45, 2.75) is 51.0 Å². The van der Waals surface area contributed by atoms with Crippen molar-refractivity contribution >= 4 is 23.3 Å². The summed E-state index contributed by atoms with van der Waals surface area (Å²) in [7, 11) is 0. The molecule has 3 heterocycles. The van der Waals surface area contributed by atoms with E-state index < -0.39 is 11.9 Å². The maximum atomic E-state index is 14.7. The van der Waals surface area contributed by atoms with Gasteiger partial charge in [0.15, 0.2) is 0 Å². The Morgan fingerprint density at radius 3 is 2.74 bits per heavy atom. The molecule has 27 heavy (non-hydrogen) atoms. The summed E-state index contributed by atoms with van der Waals surface area (Å²) in [5.74, 6) is -2.98. The molecule has 2 aliphatic heterocycles. The Bertz CT molecular complexity index is 836. The van der Waals surface area contributed by atoms with E-state index in [-0.39, 0.29) is 42.5 Å². The molecule has 2 atom stereocenters. The second-order valence-electron chi connectivity index (χ2n) is 7.81. The molecule has 144 valence electrons. The van der Waals surface area contributed by atoms with E-state index in [4.69, 9.17) is 16.7 Å². The fraction of sp³-hybridized carbons (Fsp3) is 0.632. The zero-order valence-electron chi connectivity index (χ0n) is 15.2.